The number of hydrogen-bond donors (Lipinski definition) is 2. The molecule has 1 aromatic heterocycles. The smallest absolute Gasteiger partial charge is 0.259 e. The molecular formula is C16H22N4O. The number of carbonyl (C=O) groups excluding carboxylic acids is 1. The second-order valence-electron chi connectivity index (χ2n) is 5.26. The molecule has 0 spiro atoms. The van der Waals surface area contributed by atoms with Crippen molar-refractivity contribution in [3.05, 3.63) is 46.8 Å². The van der Waals surface area contributed by atoms with Crippen molar-refractivity contribution in [2.24, 2.45) is 7.05 Å². The minimum atomic E-state index is -0.118. The lowest BCUT2D eigenvalue weighted by Crippen LogP contribution is -2.15. The standard InChI is InChI=1S/C16H22N4O/c1-10(17-4)13-6-8-14(9-7-13)18-16(21)15-11(2)19-20(5)12(15)3/h6-10,17H,1-5H3,(H,18,21). The second-order valence-corrected chi connectivity index (χ2v) is 5.26. The van der Waals surface area contributed by atoms with E-state index in [0.29, 0.717) is 5.56 Å². The van der Waals surface area contributed by atoms with Gasteiger partial charge in [-0.3, -0.25) is 9.48 Å². The van der Waals surface area contributed by atoms with Gasteiger partial charge >= 0.3 is 0 Å². The van der Waals surface area contributed by atoms with Gasteiger partial charge in [0.15, 0.2) is 0 Å². The molecule has 112 valence electrons. The number of rotatable bonds is 4. The SMILES string of the molecule is CNC(C)c1ccc(NC(=O)c2c(C)nn(C)c2C)cc1. The molecule has 1 heterocycles. The first-order valence-electron chi connectivity index (χ1n) is 7.02. The number of nitrogens with zero attached hydrogens (tertiary/aromatic N) is 2. The van der Waals surface area contributed by atoms with Gasteiger partial charge in [0.2, 0.25) is 0 Å². The highest BCUT2D eigenvalue weighted by atomic mass is 16.1. The van der Waals surface area contributed by atoms with Gasteiger partial charge in [0.1, 0.15) is 0 Å². The Balaban J connectivity index is 2.16. The van der Waals surface area contributed by atoms with Crippen LogP contribution in [-0.4, -0.2) is 22.7 Å². The molecule has 0 aliphatic rings. The lowest BCUT2D eigenvalue weighted by molar-refractivity contribution is 0.102. The van der Waals surface area contributed by atoms with Crippen LogP contribution in [0.5, 0.6) is 0 Å². The van der Waals surface area contributed by atoms with E-state index in [2.05, 4.69) is 22.7 Å². The first-order valence-corrected chi connectivity index (χ1v) is 7.02. The van der Waals surface area contributed by atoms with Crippen LogP contribution < -0.4 is 10.6 Å². The maximum absolute atomic E-state index is 12.4. The molecule has 0 saturated heterocycles. The van der Waals surface area contributed by atoms with E-state index in [1.165, 1.54) is 5.56 Å². The normalized spacial score (nSPS) is 12.2. The fourth-order valence-corrected chi connectivity index (χ4v) is 2.32. The molecule has 2 aromatic rings. The molecule has 1 unspecified atom stereocenters. The fraction of sp³-hybridized carbons (Fsp3) is 0.375. The van der Waals surface area contributed by atoms with Crippen molar-refractivity contribution in [1.29, 1.82) is 0 Å². The van der Waals surface area contributed by atoms with Crippen molar-refractivity contribution in [3.8, 4) is 0 Å². The Bertz CT molecular complexity index is 643. The molecule has 0 radical (unpaired) electrons. The predicted molar refractivity (Wildman–Crippen MR) is 84.6 cm³/mol. The van der Waals surface area contributed by atoms with Crippen LogP contribution in [-0.2, 0) is 7.05 Å². The summed E-state index contributed by atoms with van der Waals surface area (Å²) >= 11 is 0. The fourth-order valence-electron chi connectivity index (χ4n) is 2.32. The average molecular weight is 286 g/mol. The quantitative estimate of drug-likeness (QED) is 0.908. The number of aryl methyl sites for hydroxylation is 2. The van der Waals surface area contributed by atoms with Gasteiger partial charge in [-0.15, -0.1) is 0 Å². The Kier molecular flexibility index (Phi) is 4.43. The average Bonchev–Trinajstić information content (AvgIpc) is 2.72. The van der Waals surface area contributed by atoms with E-state index in [1.807, 2.05) is 52.2 Å². The second kappa shape index (κ2) is 6.10. The zero-order valence-electron chi connectivity index (χ0n) is 13.2. The summed E-state index contributed by atoms with van der Waals surface area (Å²) < 4.78 is 1.72. The third kappa shape index (κ3) is 3.13. The number of nitrogens with one attached hydrogen (secondary N) is 2. The number of aromatic nitrogens is 2. The zero-order valence-corrected chi connectivity index (χ0v) is 13.2. The van der Waals surface area contributed by atoms with Gasteiger partial charge in [-0.25, -0.2) is 0 Å². The van der Waals surface area contributed by atoms with Crippen LogP contribution in [0.25, 0.3) is 0 Å². The van der Waals surface area contributed by atoms with Gasteiger partial charge in [0.25, 0.3) is 5.91 Å². The Hall–Kier alpha value is -2.14. The highest BCUT2D eigenvalue weighted by Gasteiger charge is 2.17. The van der Waals surface area contributed by atoms with E-state index < -0.39 is 0 Å². The summed E-state index contributed by atoms with van der Waals surface area (Å²) in [5, 5.41) is 10.4. The van der Waals surface area contributed by atoms with E-state index in [1.54, 1.807) is 4.68 Å². The molecule has 5 heteroatoms. The van der Waals surface area contributed by atoms with Gasteiger partial charge in [-0.05, 0) is 45.5 Å². The highest BCUT2D eigenvalue weighted by molar-refractivity contribution is 6.05. The van der Waals surface area contributed by atoms with Crippen molar-refractivity contribution >= 4 is 11.6 Å². The van der Waals surface area contributed by atoms with Crippen molar-refractivity contribution < 1.29 is 4.79 Å². The van der Waals surface area contributed by atoms with Crippen molar-refractivity contribution in [3.63, 3.8) is 0 Å². The Morgan fingerprint density at radius 2 is 1.86 bits per heavy atom. The van der Waals surface area contributed by atoms with Crippen LogP contribution in [0.2, 0.25) is 0 Å². The predicted octanol–water partition coefficient (Wildman–Crippen LogP) is 2.57. The number of benzene rings is 1. The maximum atomic E-state index is 12.4. The summed E-state index contributed by atoms with van der Waals surface area (Å²) in [6.07, 6.45) is 0. The number of anilines is 1. The van der Waals surface area contributed by atoms with Crippen LogP contribution in [0.1, 0.15) is 40.3 Å². The van der Waals surface area contributed by atoms with Crippen LogP contribution in [0.15, 0.2) is 24.3 Å². The Labute approximate surface area is 125 Å². The molecule has 21 heavy (non-hydrogen) atoms. The lowest BCUT2D eigenvalue weighted by atomic mass is 10.1. The van der Waals surface area contributed by atoms with Crippen molar-refractivity contribution in [2.45, 2.75) is 26.8 Å². The number of hydrogen-bond acceptors (Lipinski definition) is 3. The van der Waals surface area contributed by atoms with E-state index in [9.17, 15) is 4.79 Å². The van der Waals surface area contributed by atoms with E-state index in [0.717, 1.165) is 17.1 Å². The molecule has 0 aliphatic carbocycles. The Morgan fingerprint density at radius 3 is 2.33 bits per heavy atom. The summed E-state index contributed by atoms with van der Waals surface area (Å²) in [7, 11) is 3.77. The van der Waals surface area contributed by atoms with Gasteiger partial charge < -0.3 is 10.6 Å². The Morgan fingerprint density at radius 1 is 1.24 bits per heavy atom. The topological polar surface area (TPSA) is 58.9 Å². The van der Waals surface area contributed by atoms with Crippen LogP contribution >= 0.6 is 0 Å². The largest absolute Gasteiger partial charge is 0.322 e. The van der Waals surface area contributed by atoms with E-state index >= 15 is 0 Å². The molecular weight excluding hydrogens is 264 g/mol. The molecule has 0 aliphatic heterocycles. The molecule has 2 N–H and O–H groups in total. The first kappa shape index (κ1) is 15.3. The summed E-state index contributed by atoms with van der Waals surface area (Å²) in [5.41, 5.74) is 4.22. The third-order valence-electron chi connectivity index (χ3n) is 3.84. The minimum absolute atomic E-state index is 0.118. The summed E-state index contributed by atoms with van der Waals surface area (Å²) in [6, 6.07) is 8.15. The molecule has 0 fully saturated rings. The third-order valence-corrected chi connectivity index (χ3v) is 3.84. The van der Waals surface area contributed by atoms with Crippen molar-refractivity contribution in [1.82, 2.24) is 15.1 Å². The molecule has 1 amide bonds. The molecule has 0 bridgehead atoms. The monoisotopic (exact) mass is 286 g/mol. The molecule has 1 atom stereocenters. The summed E-state index contributed by atoms with van der Waals surface area (Å²) in [5.74, 6) is -0.118. The van der Waals surface area contributed by atoms with Crippen LogP contribution in [0, 0.1) is 13.8 Å². The molecule has 1 aromatic carbocycles. The summed E-state index contributed by atoms with van der Waals surface area (Å²) in [4.78, 5) is 12.4. The van der Waals surface area contributed by atoms with E-state index in [4.69, 9.17) is 0 Å². The molecule has 5 nitrogen and oxygen atoms in total. The van der Waals surface area contributed by atoms with Gasteiger partial charge in [-0.2, -0.15) is 5.10 Å². The summed E-state index contributed by atoms with van der Waals surface area (Å²) in [6.45, 7) is 5.84. The molecule has 2 rings (SSSR count). The van der Waals surface area contributed by atoms with Gasteiger partial charge in [0.05, 0.1) is 11.3 Å². The van der Waals surface area contributed by atoms with Crippen LogP contribution in [0.3, 0.4) is 0 Å². The minimum Gasteiger partial charge on any atom is -0.322 e. The lowest BCUT2D eigenvalue weighted by Gasteiger charge is -2.11. The number of amides is 1. The zero-order chi connectivity index (χ0) is 15.6. The highest BCUT2D eigenvalue weighted by Crippen LogP contribution is 2.18. The first-order chi connectivity index (χ1) is 9.93. The maximum Gasteiger partial charge on any atom is 0.259 e. The van der Waals surface area contributed by atoms with E-state index in [-0.39, 0.29) is 11.9 Å². The van der Waals surface area contributed by atoms with Gasteiger partial charge in [0, 0.05) is 24.5 Å². The van der Waals surface area contributed by atoms with Crippen LogP contribution in [0.4, 0.5) is 5.69 Å². The number of carbonyl (C=O) groups is 1. The van der Waals surface area contributed by atoms with Crippen molar-refractivity contribution in [2.75, 3.05) is 12.4 Å². The molecule has 0 saturated carbocycles. The van der Waals surface area contributed by atoms with Gasteiger partial charge in [-0.1, -0.05) is 12.1 Å².